The van der Waals surface area contributed by atoms with E-state index in [9.17, 15) is 9.59 Å². The SMILES string of the molecule is CC(C#N)CN1C(=O)NC(C)(C(C)(C)C)C1=O. The lowest BCUT2D eigenvalue weighted by atomic mass is 9.75. The van der Waals surface area contributed by atoms with Crippen molar-refractivity contribution in [3.63, 3.8) is 0 Å². The van der Waals surface area contributed by atoms with Gasteiger partial charge in [-0.2, -0.15) is 5.26 Å². The van der Waals surface area contributed by atoms with E-state index < -0.39 is 11.6 Å². The van der Waals surface area contributed by atoms with E-state index >= 15 is 0 Å². The van der Waals surface area contributed by atoms with Crippen LogP contribution in [0.15, 0.2) is 0 Å². The highest BCUT2D eigenvalue weighted by Crippen LogP contribution is 2.35. The summed E-state index contributed by atoms with van der Waals surface area (Å²) < 4.78 is 0. The van der Waals surface area contributed by atoms with Crippen molar-refractivity contribution < 1.29 is 9.59 Å². The van der Waals surface area contributed by atoms with Gasteiger partial charge in [-0.25, -0.2) is 4.79 Å². The van der Waals surface area contributed by atoms with E-state index in [-0.39, 0.29) is 23.8 Å². The number of nitrogens with one attached hydrogen (secondary N) is 1. The Balaban J connectivity index is 2.98. The van der Waals surface area contributed by atoms with Crippen molar-refractivity contribution in [1.82, 2.24) is 10.2 Å². The van der Waals surface area contributed by atoms with E-state index in [0.717, 1.165) is 4.90 Å². The highest BCUT2D eigenvalue weighted by molar-refractivity contribution is 6.07. The minimum atomic E-state index is -0.904. The normalized spacial score (nSPS) is 26.7. The maximum Gasteiger partial charge on any atom is 0.325 e. The highest BCUT2D eigenvalue weighted by atomic mass is 16.2. The van der Waals surface area contributed by atoms with Crippen molar-refractivity contribution >= 4 is 11.9 Å². The van der Waals surface area contributed by atoms with Crippen LogP contribution in [0.5, 0.6) is 0 Å². The van der Waals surface area contributed by atoms with E-state index in [0.29, 0.717) is 0 Å². The molecule has 1 aliphatic rings. The molecular weight excluding hydrogens is 218 g/mol. The summed E-state index contributed by atoms with van der Waals surface area (Å²) in [6.07, 6.45) is 0. The molecule has 0 saturated carbocycles. The summed E-state index contributed by atoms with van der Waals surface area (Å²) in [6, 6.07) is 1.62. The number of nitriles is 1. The van der Waals surface area contributed by atoms with Gasteiger partial charge in [0.25, 0.3) is 5.91 Å². The molecule has 1 heterocycles. The van der Waals surface area contributed by atoms with E-state index in [1.54, 1.807) is 13.8 Å². The van der Waals surface area contributed by atoms with E-state index in [2.05, 4.69) is 5.32 Å². The summed E-state index contributed by atoms with van der Waals surface area (Å²) in [4.78, 5) is 25.2. The van der Waals surface area contributed by atoms with Gasteiger partial charge in [0.15, 0.2) is 0 Å². The van der Waals surface area contributed by atoms with Crippen molar-refractivity contribution in [2.75, 3.05) is 6.54 Å². The topological polar surface area (TPSA) is 73.2 Å². The molecule has 0 bridgehead atoms. The van der Waals surface area contributed by atoms with Gasteiger partial charge in [0.2, 0.25) is 0 Å². The maximum atomic E-state index is 12.3. The number of imide groups is 1. The monoisotopic (exact) mass is 237 g/mol. The highest BCUT2D eigenvalue weighted by Gasteiger charge is 2.54. The smallest absolute Gasteiger partial charge is 0.323 e. The standard InChI is InChI=1S/C12H19N3O2/c1-8(6-13)7-15-9(16)12(5,11(2,3)4)14-10(15)17/h8H,7H2,1-5H3,(H,14,17). The molecule has 1 N–H and O–H groups in total. The first-order chi connectivity index (χ1) is 7.63. The molecule has 0 aromatic heterocycles. The van der Waals surface area contributed by atoms with Gasteiger partial charge < -0.3 is 5.32 Å². The molecule has 1 saturated heterocycles. The van der Waals surface area contributed by atoms with Gasteiger partial charge >= 0.3 is 6.03 Å². The lowest BCUT2D eigenvalue weighted by Crippen LogP contribution is -2.54. The Morgan fingerprint density at radius 3 is 2.35 bits per heavy atom. The second-order valence-corrected chi connectivity index (χ2v) is 5.75. The third kappa shape index (κ3) is 2.12. The molecule has 1 rings (SSSR count). The van der Waals surface area contributed by atoms with E-state index in [1.807, 2.05) is 26.8 Å². The first kappa shape index (κ1) is 13.5. The second kappa shape index (κ2) is 4.02. The van der Waals surface area contributed by atoms with Crippen molar-refractivity contribution in [3.05, 3.63) is 0 Å². The van der Waals surface area contributed by atoms with Crippen molar-refractivity contribution in [2.24, 2.45) is 11.3 Å². The molecule has 0 aliphatic carbocycles. The van der Waals surface area contributed by atoms with E-state index in [1.165, 1.54) is 0 Å². The van der Waals surface area contributed by atoms with Gasteiger partial charge in [-0.05, 0) is 19.3 Å². The van der Waals surface area contributed by atoms with Crippen molar-refractivity contribution in [1.29, 1.82) is 5.26 Å². The summed E-state index contributed by atoms with van der Waals surface area (Å²) >= 11 is 0. The molecule has 5 heteroatoms. The van der Waals surface area contributed by atoms with Crippen LogP contribution in [0.25, 0.3) is 0 Å². The van der Waals surface area contributed by atoms with Crippen LogP contribution in [-0.4, -0.2) is 28.9 Å². The fourth-order valence-corrected chi connectivity index (χ4v) is 1.69. The van der Waals surface area contributed by atoms with Crippen LogP contribution in [0.4, 0.5) is 4.79 Å². The quantitative estimate of drug-likeness (QED) is 0.740. The summed E-state index contributed by atoms with van der Waals surface area (Å²) in [5.74, 6) is -0.607. The molecule has 0 spiro atoms. The Bertz CT molecular complexity index is 392. The molecule has 0 aromatic carbocycles. The Kier molecular flexibility index (Phi) is 3.19. The molecule has 2 unspecified atom stereocenters. The number of rotatable bonds is 2. The Labute approximate surface area is 102 Å². The average molecular weight is 237 g/mol. The summed E-state index contributed by atoms with van der Waals surface area (Å²) in [5, 5.41) is 11.5. The Hall–Kier alpha value is -1.57. The summed E-state index contributed by atoms with van der Waals surface area (Å²) in [7, 11) is 0. The third-order valence-electron chi connectivity index (χ3n) is 3.45. The average Bonchev–Trinajstić information content (AvgIpc) is 2.42. The predicted octanol–water partition coefficient (Wildman–Crippen LogP) is 1.50. The summed E-state index contributed by atoms with van der Waals surface area (Å²) in [6.45, 7) is 9.28. The minimum absolute atomic E-state index is 0.146. The van der Waals surface area contributed by atoms with Crippen LogP contribution in [0, 0.1) is 22.7 Å². The summed E-state index contributed by atoms with van der Waals surface area (Å²) in [5.41, 5.74) is -1.27. The molecule has 5 nitrogen and oxygen atoms in total. The Morgan fingerprint density at radius 1 is 1.47 bits per heavy atom. The van der Waals surface area contributed by atoms with Crippen LogP contribution in [0.3, 0.4) is 0 Å². The van der Waals surface area contributed by atoms with Crippen LogP contribution in [0.2, 0.25) is 0 Å². The van der Waals surface area contributed by atoms with Gasteiger partial charge in [-0.1, -0.05) is 20.8 Å². The molecule has 2 atom stereocenters. The Morgan fingerprint density at radius 2 is 2.00 bits per heavy atom. The molecule has 94 valence electrons. The number of carbonyl (C=O) groups is 2. The van der Waals surface area contributed by atoms with E-state index in [4.69, 9.17) is 5.26 Å². The van der Waals surface area contributed by atoms with Crippen LogP contribution < -0.4 is 5.32 Å². The molecule has 17 heavy (non-hydrogen) atoms. The number of hydrogen-bond acceptors (Lipinski definition) is 3. The maximum absolute atomic E-state index is 12.3. The fourth-order valence-electron chi connectivity index (χ4n) is 1.69. The first-order valence-corrected chi connectivity index (χ1v) is 5.67. The van der Waals surface area contributed by atoms with Crippen LogP contribution >= 0.6 is 0 Å². The van der Waals surface area contributed by atoms with Crippen LogP contribution in [0.1, 0.15) is 34.6 Å². The molecule has 0 radical (unpaired) electrons. The number of amides is 3. The molecule has 1 fully saturated rings. The van der Waals surface area contributed by atoms with Gasteiger partial charge in [-0.3, -0.25) is 9.69 Å². The lowest BCUT2D eigenvalue weighted by Gasteiger charge is -2.35. The number of carbonyl (C=O) groups excluding carboxylic acids is 2. The fraction of sp³-hybridized carbons (Fsp3) is 0.750. The van der Waals surface area contributed by atoms with Gasteiger partial charge in [0.05, 0.1) is 12.0 Å². The minimum Gasteiger partial charge on any atom is -0.323 e. The van der Waals surface area contributed by atoms with Gasteiger partial charge in [0.1, 0.15) is 5.54 Å². The van der Waals surface area contributed by atoms with Crippen molar-refractivity contribution in [3.8, 4) is 6.07 Å². The van der Waals surface area contributed by atoms with Gasteiger partial charge in [0, 0.05) is 6.54 Å². The zero-order chi connectivity index (χ0) is 13.4. The lowest BCUT2D eigenvalue weighted by molar-refractivity contribution is -0.134. The van der Waals surface area contributed by atoms with Crippen LogP contribution in [-0.2, 0) is 4.79 Å². The van der Waals surface area contributed by atoms with Crippen molar-refractivity contribution in [2.45, 2.75) is 40.2 Å². The molecule has 3 amide bonds. The predicted molar refractivity (Wildman–Crippen MR) is 62.9 cm³/mol. The zero-order valence-electron chi connectivity index (χ0n) is 11.0. The number of hydrogen-bond donors (Lipinski definition) is 1. The molecule has 0 aromatic rings. The molecule has 1 aliphatic heterocycles. The zero-order valence-corrected chi connectivity index (χ0v) is 11.0. The second-order valence-electron chi connectivity index (χ2n) is 5.75. The molecular formula is C12H19N3O2. The third-order valence-corrected chi connectivity index (χ3v) is 3.45. The first-order valence-electron chi connectivity index (χ1n) is 5.67. The van der Waals surface area contributed by atoms with Gasteiger partial charge in [-0.15, -0.1) is 0 Å². The number of nitrogens with zero attached hydrogens (tertiary/aromatic N) is 2. The number of urea groups is 1. The largest absolute Gasteiger partial charge is 0.325 e.